The highest BCUT2D eigenvalue weighted by Gasteiger charge is 2.13. The molecule has 1 heterocycles. The molecule has 0 radical (unpaired) electrons. The van der Waals surface area contributed by atoms with Crippen molar-refractivity contribution in [3.05, 3.63) is 45.1 Å². The summed E-state index contributed by atoms with van der Waals surface area (Å²) < 4.78 is 8.57. The summed E-state index contributed by atoms with van der Waals surface area (Å²) in [6.45, 7) is 5.12. The van der Waals surface area contributed by atoms with Gasteiger partial charge < -0.3 is 4.74 Å². The lowest BCUT2D eigenvalue weighted by atomic mass is 10.3. The predicted molar refractivity (Wildman–Crippen MR) is 76.1 cm³/mol. The molecule has 1 aromatic heterocycles. The van der Waals surface area contributed by atoms with Gasteiger partial charge in [-0.05, 0) is 41.9 Å². The smallest absolute Gasteiger partial charge is 0.134 e. The minimum absolute atomic E-state index is 0.413. The molecule has 2 aromatic rings. The van der Waals surface area contributed by atoms with Crippen LogP contribution in [0.4, 0.5) is 0 Å². The van der Waals surface area contributed by atoms with Crippen molar-refractivity contribution in [2.24, 2.45) is 0 Å². The van der Waals surface area contributed by atoms with Gasteiger partial charge >= 0.3 is 0 Å². The number of rotatable bonds is 4. The molecule has 0 aliphatic rings. The summed E-state index contributed by atoms with van der Waals surface area (Å²) in [5.41, 5.74) is 1.75. The van der Waals surface area contributed by atoms with E-state index in [9.17, 15) is 0 Å². The van der Waals surface area contributed by atoms with E-state index in [-0.39, 0.29) is 0 Å². The minimum Gasteiger partial charge on any atom is -0.486 e. The van der Waals surface area contributed by atoms with Crippen LogP contribution in [0.1, 0.15) is 18.3 Å². The number of benzene rings is 1. The molecule has 0 aliphatic carbocycles. The molecule has 96 valence electrons. The molecule has 0 amide bonds. The number of aromatic nitrogens is 2. The van der Waals surface area contributed by atoms with E-state index in [1.807, 2.05) is 42.8 Å². The van der Waals surface area contributed by atoms with Crippen LogP contribution in [-0.4, -0.2) is 9.78 Å². The summed E-state index contributed by atoms with van der Waals surface area (Å²) in [5.74, 6) is 0.801. The van der Waals surface area contributed by atoms with Gasteiger partial charge in [-0.25, -0.2) is 0 Å². The Hall–Kier alpha value is -1.000. The quantitative estimate of drug-likeness (QED) is 0.840. The van der Waals surface area contributed by atoms with Crippen molar-refractivity contribution < 1.29 is 4.74 Å². The fourth-order valence-corrected chi connectivity index (χ4v) is 2.30. The molecule has 1 aromatic carbocycles. The van der Waals surface area contributed by atoms with E-state index in [1.54, 1.807) is 0 Å². The van der Waals surface area contributed by atoms with Gasteiger partial charge in [0.05, 0.1) is 20.9 Å². The fraction of sp³-hybridized carbons (Fsp3) is 0.308. The summed E-state index contributed by atoms with van der Waals surface area (Å²) in [6, 6.07) is 7.74. The lowest BCUT2D eigenvalue weighted by Gasteiger charge is -2.09. The lowest BCUT2D eigenvalue weighted by Crippen LogP contribution is -2.06. The molecule has 0 saturated heterocycles. The second-order valence-electron chi connectivity index (χ2n) is 3.88. The summed E-state index contributed by atoms with van der Waals surface area (Å²) in [5, 5.41) is 5.04. The van der Waals surface area contributed by atoms with Crippen LogP contribution < -0.4 is 4.74 Å². The third-order valence-corrected chi connectivity index (χ3v) is 3.80. The van der Waals surface area contributed by atoms with E-state index >= 15 is 0 Å². The highest BCUT2D eigenvalue weighted by atomic mass is 79.9. The third kappa shape index (κ3) is 2.70. The Balaban J connectivity index is 2.18. The van der Waals surface area contributed by atoms with Gasteiger partial charge in [0.1, 0.15) is 12.4 Å². The van der Waals surface area contributed by atoms with Crippen molar-refractivity contribution in [3.8, 4) is 5.75 Å². The van der Waals surface area contributed by atoms with Gasteiger partial charge in [0.15, 0.2) is 0 Å². The Bertz CT molecular complexity index is 554. The van der Waals surface area contributed by atoms with E-state index in [2.05, 4.69) is 21.0 Å². The SMILES string of the molecule is CCn1nc(C)c(Cl)c1COc1ccccc1Br. The van der Waals surface area contributed by atoms with Crippen molar-refractivity contribution in [2.75, 3.05) is 0 Å². The van der Waals surface area contributed by atoms with Crippen molar-refractivity contribution in [2.45, 2.75) is 27.0 Å². The van der Waals surface area contributed by atoms with Crippen molar-refractivity contribution in [3.63, 3.8) is 0 Å². The maximum Gasteiger partial charge on any atom is 0.134 e. The number of halogens is 2. The van der Waals surface area contributed by atoms with Crippen LogP contribution in [-0.2, 0) is 13.2 Å². The first-order valence-electron chi connectivity index (χ1n) is 5.72. The molecular weight excluding hydrogens is 316 g/mol. The normalized spacial score (nSPS) is 10.7. The summed E-state index contributed by atoms with van der Waals surface area (Å²) >= 11 is 9.67. The van der Waals surface area contributed by atoms with Gasteiger partial charge in [-0.3, -0.25) is 4.68 Å². The Morgan fingerprint density at radius 1 is 1.39 bits per heavy atom. The average Bonchev–Trinajstić information content (AvgIpc) is 2.65. The molecule has 0 fully saturated rings. The van der Waals surface area contributed by atoms with Gasteiger partial charge in [0, 0.05) is 6.54 Å². The molecule has 0 unspecified atom stereocenters. The third-order valence-electron chi connectivity index (χ3n) is 2.65. The first-order chi connectivity index (χ1) is 8.63. The first kappa shape index (κ1) is 13.4. The van der Waals surface area contributed by atoms with E-state index in [0.717, 1.165) is 28.2 Å². The Labute approximate surface area is 120 Å². The summed E-state index contributed by atoms with van der Waals surface area (Å²) in [6.07, 6.45) is 0. The topological polar surface area (TPSA) is 27.1 Å². The second kappa shape index (κ2) is 5.76. The Morgan fingerprint density at radius 3 is 2.78 bits per heavy atom. The average molecular weight is 330 g/mol. The molecule has 0 spiro atoms. The molecule has 18 heavy (non-hydrogen) atoms. The minimum atomic E-state index is 0.413. The van der Waals surface area contributed by atoms with Gasteiger partial charge in [-0.1, -0.05) is 23.7 Å². The molecule has 0 atom stereocenters. The monoisotopic (exact) mass is 328 g/mol. The molecule has 0 N–H and O–H groups in total. The van der Waals surface area contributed by atoms with Gasteiger partial charge in [-0.2, -0.15) is 5.10 Å². The van der Waals surface area contributed by atoms with Crippen LogP contribution in [0, 0.1) is 6.92 Å². The van der Waals surface area contributed by atoms with Crippen LogP contribution in [0.3, 0.4) is 0 Å². The van der Waals surface area contributed by atoms with Crippen LogP contribution >= 0.6 is 27.5 Å². The largest absolute Gasteiger partial charge is 0.486 e. The second-order valence-corrected chi connectivity index (χ2v) is 5.11. The van der Waals surface area contributed by atoms with E-state index in [4.69, 9.17) is 16.3 Å². The van der Waals surface area contributed by atoms with Crippen LogP contribution in [0.5, 0.6) is 5.75 Å². The first-order valence-corrected chi connectivity index (χ1v) is 6.89. The number of hydrogen-bond acceptors (Lipinski definition) is 2. The number of aryl methyl sites for hydroxylation is 2. The molecule has 0 saturated carbocycles. The van der Waals surface area contributed by atoms with Crippen LogP contribution in [0.25, 0.3) is 0 Å². The molecule has 0 aliphatic heterocycles. The zero-order chi connectivity index (χ0) is 13.1. The maximum atomic E-state index is 6.22. The number of hydrogen-bond donors (Lipinski definition) is 0. The van der Waals surface area contributed by atoms with Crippen molar-refractivity contribution in [1.29, 1.82) is 0 Å². The summed E-state index contributed by atoms with van der Waals surface area (Å²) in [7, 11) is 0. The van der Waals surface area contributed by atoms with Gasteiger partial charge in [0.2, 0.25) is 0 Å². The van der Waals surface area contributed by atoms with Crippen LogP contribution in [0.15, 0.2) is 28.7 Å². The van der Waals surface area contributed by atoms with E-state index < -0.39 is 0 Å². The zero-order valence-electron chi connectivity index (χ0n) is 10.3. The fourth-order valence-electron chi connectivity index (χ4n) is 1.71. The highest BCUT2D eigenvalue weighted by molar-refractivity contribution is 9.10. The standard InChI is InChI=1S/C13H14BrClN2O/c1-3-17-11(13(15)9(2)16-17)8-18-12-7-5-4-6-10(12)14/h4-7H,3,8H2,1-2H3. The maximum absolute atomic E-state index is 6.22. The molecule has 2 rings (SSSR count). The van der Waals surface area contributed by atoms with Crippen LogP contribution in [0.2, 0.25) is 5.02 Å². The van der Waals surface area contributed by atoms with Gasteiger partial charge in [-0.15, -0.1) is 0 Å². The van der Waals surface area contributed by atoms with Crippen molar-refractivity contribution in [1.82, 2.24) is 9.78 Å². The number of nitrogens with zero attached hydrogens (tertiary/aromatic N) is 2. The molecule has 0 bridgehead atoms. The molecular formula is C13H14BrClN2O. The van der Waals surface area contributed by atoms with Crippen molar-refractivity contribution >= 4 is 27.5 Å². The zero-order valence-corrected chi connectivity index (χ0v) is 12.6. The van der Waals surface area contributed by atoms with E-state index in [0.29, 0.717) is 11.6 Å². The number of ether oxygens (including phenoxy) is 1. The lowest BCUT2D eigenvalue weighted by molar-refractivity contribution is 0.291. The Morgan fingerprint density at radius 2 is 2.11 bits per heavy atom. The Kier molecular flexibility index (Phi) is 4.30. The summed E-state index contributed by atoms with van der Waals surface area (Å²) in [4.78, 5) is 0. The molecule has 3 nitrogen and oxygen atoms in total. The predicted octanol–water partition coefficient (Wildman–Crippen LogP) is 4.21. The number of para-hydroxylation sites is 1. The highest BCUT2D eigenvalue weighted by Crippen LogP contribution is 2.27. The van der Waals surface area contributed by atoms with E-state index in [1.165, 1.54) is 0 Å². The molecule has 5 heteroatoms. The van der Waals surface area contributed by atoms with Gasteiger partial charge in [0.25, 0.3) is 0 Å².